The second-order valence-electron chi connectivity index (χ2n) is 12.0. The molecule has 9 heteroatoms. The highest BCUT2D eigenvalue weighted by molar-refractivity contribution is 5.78. The molecule has 2 saturated heterocycles. The normalized spacial score (nSPS) is 17.0. The third-order valence-corrected chi connectivity index (χ3v) is 8.49. The van der Waals surface area contributed by atoms with Crippen LogP contribution in [0.3, 0.4) is 0 Å². The zero-order valence-electron chi connectivity index (χ0n) is 25.8. The highest BCUT2D eigenvalue weighted by atomic mass is 16.5. The molecule has 2 fully saturated rings. The molecular formula is C36H41N5O4. The molecule has 45 heavy (non-hydrogen) atoms. The Bertz CT molecular complexity index is 1540. The summed E-state index contributed by atoms with van der Waals surface area (Å²) in [5.74, 6) is 2.22. The number of benzene rings is 3. The van der Waals surface area contributed by atoms with Gasteiger partial charge < -0.3 is 24.4 Å². The lowest BCUT2D eigenvalue weighted by atomic mass is 9.96. The Morgan fingerprint density at radius 3 is 2.09 bits per heavy atom. The van der Waals surface area contributed by atoms with E-state index >= 15 is 0 Å². The quantitative estimate of drug-likeness (QED) is 0.219. The first-order chi connectivity index (χ1) is 21.9. The van der Waals surface area contributed by atoms with Crippen LogP contribution in [0.2, 0.25) is 0 Å². The van der Waals surface area contributed by atoms with E-state index < -0.39 is 11.6 Å². The molecule has 1 aromatic heterocycles. The molecule has 3 aromatic carbocycles. The molecule has 234 valence electrons. The number of piperazine rings is 1. The molecule has 0 radical (unpaired) electrons. The number of ether oxygens (including phenoxy) is 2. The van der Waals surface area contributed by atoms with Gasteiger partial charge in [0, 0.05) is 58.3 Å². The Hall–Kier alpha value is -4.63. The van der Waals surface area contributed by atoms with Crippen molar-refractivity contribution in [2.45, 2.75) is 44.8 Å². The highest BCUT2D eigenvalue weighted by Gasteiger charge is 2.36. The lowest BCUT2D eigenvalue weighted by Gasteiger charge is -2.36. The molecule has 2 aliphatic heterocycles. The van der Waals surface area contributed by atoms with Crippen molar-refractivity contribution in [1.29, 1.82) is 0 Å². The molecule has 0 bridgehead atoms. The van der Waals surface area contributed by atoms with Crippen LogP contribution in [0.15, 0.2) is 91.0 Å². The number of carboxylic acids is 1. The zero-order valence-corrected chi connectivity index (χ0v) is 25.8. The summed E-state index contributed by atoms with van der Waals surface area (Å²) in [5.41, 5.74) is 0.743. The number of hydrogen-bond donors (Lipinski definition) is 1. The van der Waals surface area contributed by atoms with Gasteiger partial charge in [-0.25, -0.2) is 4.79 Å². The SMILES string of the molecule is CC(Cc1ccc(Oc2cc(N3CCN(Cc4ccccc4)CC3)nc(N3CCCCC3)n2)cc1)(Oc1ccccc1)C(=O)O. The first-order valence-electron chi connectivity index (χ1n) is 15.8. The molecule has 9 nitrogen and oxygen atoms in total. The maximum absolute atomic E-state index is 12.2. The van der Waals surface area contributed by atoms with Gasteiger partial charge in [-0.1, -0.05) is 60.7 Å². The molecule has 3 heterocycles. The molecule has 2 aliphatic rings. The van der Waals surface area contributed by atoms with Gasteiger partial charge in [0.25, 0.3) is 0 Å². The molecule has 0 spiro atoms. The van der Waals surface area contributed by atoms with Gasteiger partial charge in [0.05, 0.1) is 0 Å². The van der Waals surface area contributed by atoms with Gasteiger partial charge in [-0.2, -0.15) is 9.97 Å². The van der Waals surface area contributed by atoms with E-state index in [0.717, 1.165) is 70.0 Å². The number of hydrogen-bond acceptors (Lipinski definition) is 8. The lowest BCUT2D eigenvalue weighted by molar-refractivity contribution is -0.153. The second-order valence-corrected chi connectivity index (χ2v) is 12.0. The maximum Gasteiger partial charge on any atom is 0.348 e. The minimum Gasteiger partial charge on any atom is -0.478 e. The summed E-state index contributed by atoms with van der Waals surface area (Å²) < 4.78 is 12.2. The Morgan fingerprint density at radius 2 is 1.42 bits per heavy atom. The maximum atomic E-state index is 12.2. The number of aromatic nitrogens is 2. The van der Waals surface area contributed by atoms with Crippen LogP contribution in [-0.2, 0) is 17.8 Å². The fourth-order valence-corrected chi connectivity index (χ4v) is 5.92. The largest absolute Gasteiger partial charge is 0.478 e. The zero-order chi connectivity index (χ0) is 31.1. The van der Waals surface area contributed by atoms with Crippen molar-refractivity contribution in [2.75, 3.05) is 49.1 Å². The van der Waals surface area contributed by atoms with Gasteiger partial charge in [0.1, 0.15) is 17.3 Å². The summed E-state index contributed by atoms with van der Waals surface area (Å²) in [6.07, 6.45) is 3.69. The van der Waals surface area contributed by atoms with Crippen LogP contribution in [0.1, 0.15) is 37.3 Å². The number of anilines is 2. The van der Waals surface area contributed by atoms with Crippen molar-refractivity contribution < 1.29 is 19.4 Å². The van der Waals surface area contributed by atoms with Gasteiger partial charge >= 0.3 is 5.97 Å². The summed E-state index contributed by atoms with van der Waals surface area (Å²) in [6.45, 7) is 8.10. The lowest BCUT2D eigenvalue weighted by Crippen LogP contribution is -2.46. The van der Waals surface area contributed by atoms with Crippen LogP contribution in [0.25, 0.3) is 0 Å². The van der Waals surface area contributed by atoms with Crippen LogP contribution >= 0.6 is 0 Å². The summed E-state index contributed by atoms with van der Waals surface area (Å²) >= 11 is 0. The number of para-hydroxylation sites is 1. The van der Waals surface area contributed by atoms with E-state index in [2.05, 4.69) is 45.0 Å². The van der Waals surface area contributed by atoms with Gasteiger partial charge in [-0.05, 0) is 61.6 Å². The number of carbonyl (C=O) groups is 1. The predicted molar refractivity (Wildman–Crippen MR) is 175 cm³/mol. The van der Waals surface area contributed by atoms with Gasteiger partial charge in [-0.3, -0.25) is 4.90 Å². The number of rotatable bonds is 11. The molecule has 0 amide bonds. The van der Waals surface area contributed by atoms with Gasteiger partial charge in [0.2, 0.25) is 17.4 Å². The molecule has 4 aromatic rings. The second kappa shape index (κ2) is 14.0. The van der Waals surface area contributed by atoms with E-state index in [1.807, 2.05) is 48.5 Å². The summed E-state index contributed by atoms with van der Waals surface area (Å²) in [6, 6.07) is 29.0. The Morgan fingerprint density at radius 1 is 0.756 bits per heavy atom. The smallest absolute Gasteiger partial charge is 0.348 e. The fourth-order valence-electron chi connectivity index (χ4n) is 5.92. The molecular weight excluding hydrogens is 566 g/mol. The van der Waals surface area contributed by atoms with Crippen LogP contribution in [-0.4, -0.2) is 70.8 Å². The Labute approximate surface area is 265 Å². The van der Waals surface area contributed by atoms with Crippen LogP contribution in [0.5, 0.6) is 17.4 Å². The average Bonchev–Trinajstić information content (AvgIpc) is 3.07. The number of aliphatic carboxylic acids is 1. The topological polar surface area (TPSA) is 91.3 Å². The Balaban J connectivity index is 1.16. The summed E-state index contributed by atoms with van der Waals surface area (Å²) in [7, 11) is 0. The van der Waals surface area contributed by atoms with Gasteiger partial charge in [-0.15, -0.1) is 0 Å². The minimum atomic E-state index is -1.42. The van der Waals surface area contributed by atoms with Crippen molar-refractivity contribution in [3.8, 4) is 17.4 Å². The third kappa shape index (κ3) is 7.91. The molecule has 1 unspecified atom stereocenters. The van der Waals surface area contributed by atoms with E-state index in [-0.39, 0.29) is 6.42 Å². The average molecular weight is 608 g/mol. The van der Waals surface area contributed by atoms with Crippen LogP contribution in [0.4, 0.5) is 11.8 Å². The van der Waals surface area contributed by atoms with E-state index in [4.69, 9.17) is 19.4 Å². The van der Waals surface area contributed by atoms with E-state index in [1.54, 1.807) is 19.1 Å². The van der Waals surface area contributed by atoms with E-state index in [0.29, 0.717) is 23.3 Å². The van der Waals surface area contributed by atoms with Crippen molar-refractivity contribution in [3.63, 3.8) is 0 Å². The standard InChI is InChI=1S/C36H41N5O4/c1-36(34(42)43,45-31-13-7-3-8-14-31)26-28-15-17-30(18-16-28)44-33-25-32(37-35(38-33)41-19-9-4-10-20-41)40-23-21-39(22-24-40)27-29-11-5-2-6-12-29/h2-3,5-8,11-18,25H,4,9-10,19-24,26-27H2,1H3,(H,42,43). The van der Waals surface area contributed by atoms with Crippen LogP contribution < -0.4 is 19.3 Å². The number of piperidine rings is 1. The van der Waals surface area contributed by atoms with E-state index in [9.17, 15) is 9.90 Å². The first-order valence-corrected chi connectivity index (χ1v) is 15.8. The van der Waals surface area contributed by atoms with E-state index in [1.165, 1.54) is 12.0 Å². The number of carboxylic acid groups (broad SMARTS) is 1. The van der Waals surface area contributed by atoms with Crippen molar-refractivity contribution in [2.24, 2.45) is 0 Å². The summed E-state index contributed by atoms with van der Waals surface area (Å²) in [5, 5.41) is 9.98. The first kappa shape index (κ1) is 30.4. The predicted octanol–water partition coefficient (Wildman–Crippen LogP) is 6.05. The molecule has 1 atom stereocenters. The molecule has 6 rings (SSSR count). The van der Waals surface area contributed by atoms with Gasteiger partial charge in [0.15, 0.2) is 0 Å². The molecule has 0 saturated carbocycles. The van der Waals surface area contributed by atoms with Crippen molar-refractivity contribution in [3.05, 3.63) is 102 Å². The summed E-state index contributed by atoms with van der Waals surface area (Å²) in [4.78, 5) is 29.1. The van der Waals surface area contributed by atoms with Crippen molar-refractivity contribution in [1.82, 2.24) is 14.9 Å². The fraction of sp³-hybridized carbons (Fsp3) is 0.361. The molecule has 1 N–H and O–H groups in total. The monoisotopic (exact) mass is 607 g/mol. The molecule has 0 aliphatic carbocycles. The highest BCUT2D eigenvalue weighted by Crippen LogP contribution is 2.29. The minimum absolute atomic E-state index is 0.199. The number of nitrogens with zero attached hydrogens (tertiary/aromatic N) is 5. The third-order valence-electron chi connectivity index (χ3n) is 8.49. The van der Waals surface area contributed by atoms with Crippen molar-refractivity contribution >= 4 is 17.7 Å². The van der Waals surface area contributed by atoms with Crippen LogP contribution in [0, 0.1) is 0 Å². The Kier molecular flexibility index (Phi) is 9.45.